The van der Waals surface area contributed by atoms with E-state index in [1.165, 1.54) is 24.1 Å². The quantitative estimate of drug-likeness (QED) is 0.296. The Labute approximate surface area is 91.9 Å². The minimum atomic E-state index is -0.518. The second kappa shape index (κ2) is 7.25. The predicted octanol–water partition coefficient (Wildman–Crippen LogP) is 2.00. The SMILES string of the molecule is O=C(NO)NCCCCC1CCSS1. The van der Waals surface area contributed by atoms with E-state index in [1.54, 1.807) is 0 Å². The lowest BCUT2D eigenvalue weighted by molar-refractivity contribution is 0.161. The molecule has 0 aromatic rings. The van der Waals surface area contributed by atoms with Crippen molar-refractivity contribution in [1.29, 1.82) is 0 Å². The normalized spacial score (nSPS) is 20.8. The van der Waals surface area contributed by atoms with E-state index in [4.69, 9.17) is 5.21 Å². The molecule has 0 aliphatic carbocycles. The maximum Gasteiger partial charge on any atom is 0.338 e. The maximum atomic E-state index is 10.6. The summed E-state index contributed by atoms with van der Waals surface area (Å²) >= 11 is 0. The Hall–Kier alpha value is -0.0700. The summed E-state index contributed by atoms with van der Waals surface area (Å²) < 4.78 is 0. The molecule has 0 bridgehead atoms. The van der Waals surface area contributed by atoms with Crippen molar-refractivity contribution in [2.24, 2.45) is 0 Å². The van der Waals surface area contributed by atoms with Gasteiger partial charge in [0.15, 0.2) is 0 Å². The van der Waals surface area contributed by atoms with E-state index in [0.29, 0.717) is 6.54 Å². The zero-order valence-corrected chi connectivity index (χ0v) is 9.62. The summed E-state index contributed by atoms with van der Waals surface area (Å²) in [5, 5.41) is 11.6. The first-order valence-electron chi connectivity index (χ1n) is 4.79. The molecule has 3 N–H and O–H groups in total. The average molecular weight is 236 g/mol. The molecule has 0 spiro atoms. The first kappa shape index (κ1) is 12.0. The van der Waals surface area contributed by atoms with Crippen molar-refractivity contribution in [1.82, 2.24) is 10.8 Å². The van der Waals surface area contributed by atoms with Crippen molar-refractivity contribution in [3.8, 4) is 0 Å². The van der Waals surface area contributed by atoms with Crippen LogP contribution in [0, 0.1) is 0 Å². The minimum absolute atomic E-state index is 0.518. The van der Waals surface area contributed by atoms with Crippen LogP contribution in [-0.4, -0.2) is 28.8 Å². The molecule has 1 heterocycles. The van der Waals surface area contributed by atoms with Crippen LogP contribution in [0.15, 0.2) is 0 Å². The largest absolute Gasteiger partial charge is 0.338 e. The second-order valence-corrected chi connectivity index (χ2v) is 5.98. The number of nitrogens with one attached hydrogen (secondary N) is 2. The van der Waals surface area contributed by atoms with Gasteiger partial charge in [0.1, 0.15) is 0 Å². The summed E-state index contributed by atoms with van der Waals surface area (Å²) in [5.41, 5.74) is 1.54. The summed E-state index contributed by atoms with van der Waals surface area (Å²) in [4.78, 5) is 10.6. The summed E-state index contributed by atoms with van der Waals surface area (Å²) in [6, 6.07) is -0.518. The molecule has 1 unspecified atom stereocenters. The van der Waals surface area contributed by atoms with Gasteiger partial charge in [0, 0.05) is 17.5 Å². The third-order valence-electron chi connectivity index (χ3n) is 2.07. The Balaban J connectivity index is 1.86. The van der Waals surface area contributed by atoms with E-state index in [0.717, 1.165) is 18.1 Å². The van der Waals surface area contributed by atoms with Crippen LogP contribution >= 0.6 is 21.6 Å². The number of hydroxylamine groups is 1. The molecule has 6 heteroatoms. The molecule has 1 aliphatic heterocycles. The topological polar surface area (TPSA) is 61.4 Å². The number of carbonyl (C=O) groups excluding carboxylic acids is 1. The number of amides is 2. The molecule has 1 atom stereocenters. The van der Waals surface area contributed by atoms with Crippen LogP contribution in [0.5, 0.6) is 0 Å². The van der Waals surface area contributed by atoms with Crippen LogP contribution in [0.3, 0.4) is 0 Å². The fourth-order valence-electron chi connectivity index (χ4n) is 1.30. The fourth-order valence-corrected chi connectivity index (χ4v) is 4.33. The Morgan fingerprint density at radius 1 is 1.50 bits per heavy atom. The van der Waals surface area contributed by atoms with Gasteiger partial charge < -0.3 is 5.32 Å². The van der Waals surface area contributed by atoms with Crippen LogP contribution in [0.4, 0.5) is 4.79 Å². The Morgan fingerprint density at radius 3 is 3.00 bits per heavy atom. The maximum absolute atomic E-state index is 10.6. The third kappa shape index (κ3) is 4.97. The molecule has 14 heavy (non-hydrogen) atoms. The molecule has 0 aromatic carbocycles. The summed E-state index contributed by atoms with van der Waals surface area (Å²) in [6.07, 6.45) is 4.68. The fraction of sp³-hybridized carbons (Fsp3) is 0.875. The Bertz CT molecular complexity index is 175. The van der Waals surface area contributed by atoms with Crippen LogP contribution < -0.4 is 10.8 Å². The van der Waals surface area contributed by atoms with Gasteiger partial charge in [0.25, 0.3) is 0 Å². The average Bonchev–Trinajstić information content (AvgIpc) is 2.69. The zero-order valence-electron chi connectivity index (χ0n) is 7.99. The second-order valence-electron chi connectivity index (χ2n) is 3.19. The molecule has 1 aliphatic rings. The molecule has 1 fully saturated rings. The van der Waals surface area contributed by atoms with E-state index in [-0.39, 0.29) is 0 Å². The number of hydrogen-bond donors (Lipinski definition) is 3. The molecule has 82 valence electrons. The van der Waals surface area contributed by atoms with Crippen LogP contribution in [0.1, 0.15) is 25.7 Å². The van der Waals surface area contributed by atoms with Gasteiger partial charge in [-0.1, -0.05) is 28.0 Å². The van der Waals surface area contributed by atoms with Gasteiger partial charge in [-0.15, -0.1) is 0 Å². The molecule has 1 rings (SSSR count). The zero-order chi connectivity index (χ0) is 10.2. The lowest BCUT2D eigenvalue weighted by Crippen LogP contribution is -2.33. The summed E-state index contributed by atoms with van der Waals surface area (Å²) in [7, 11) is 3.95. The highest BCUT2D eigenvalue weighted by molar-refractivity contribution is 8.77. The van der Waals surface area contributed by atoms with Gasteiger partial charge in [0.2, 0.25) is 0 Å². The third-order valence-corrected chi connectivity index (χ3v) is 5.07. The lowest BCUT2D eigenvalue weighted by atomic mass is 10.1. The van der Waals surface area contributed by atoms with Crippen LogP contribution in [0.2, 0.25) is 0 Å². The molecule has 2 amide bonds. The van der Waals surface area contributed by atoms with E-state index in [2.05, 4.69) is 5.32 Å². The molecule has 0 radical (unpaired) electrons. The molecule has 0 aromatic heterocycles. The first-order valence-corrected chi connectivity index (χ1v) is 7.17. The summed E-state index contributed by atoms with van der Waals surface area (Å²) in [6.45, 7) is 0.636. The summed E-state index contributed by atoms with van der Waals surface area (Å²) in [5.74, 6) is 1.28. The van der Waals surface area contributed by atoms with E-state index in [9.17, 15) is 4.79 Å². The Morgan fingerprint density at radius 2 is 2.36 bits per heavy atom. The standard InChI is InChI=1S/C8H16N2O2S2/c11-8(10-12)9-5-2-1-3-7-4-6-13-14-7/h7,12H,1-6H2,(H2,9,10,11). The number of urea groups is 1. The highest BCUT2D eigenvalue weighted by atomic mass is 33.1. The lowest BCUT2D eigenvalue weighted by Gasteiger charge is -2.07. The molecule has 1 saturated heterocycles. The van der Waals surface area contributed by atoms with Gasteiger partial charge in [-0.05, 0) is 19.3 Å². The van der Waals surface area contributed by atoms with Gasteiger partial charge in [0.05, 0.1) is 0 Å². The molecular formula is C8H16N2O2S2. The number of unbranched alkanes of at least 4 members (excludes halogenated alkanes) is 1. The van der Waals surface area contributed by atoms with Gasteiger partial charge >= 0.3 is 6.03 Å². The van der Waals surface area contributed by atoms with Crippen molar-refractivity contribution in [3.63, 3.8) is 0 Å². The van der Waals surface area contributed by atoms with E-state index >= 15 is 0 Å². The monoisotopic (exact) mass is 236 g/mol. The van der Waals surface area contributed by atoms with Crippen molar-refractivity contribution in [2.75, 3.05) is 12.3 Å². The molecule has 0 saturated carbocycles. The van der Waals surface area contributed by atoms with Gasteiger partial charge in [-0.3, -0.25) is 5.21 Å². The number of rotatable bonds is 5. The van der Waals surface area contributed by atoms with E-state index in [1.807, 2.05) is 21.6 Å². The van der Waals surface area contributed by atoms with Gasteiger partial charge in [-0.25, -0.2) is 10.3 Å². The molecule has 4 nitrogen and oxygen atoms in total. The number of hydrogen-bond acceptors (Lipinski definition) is 4. The highest BCUT2D eigenvalue weighted by Gasteiger charge is 2.15. The van der Waals surface area contributed by atoms with Crippen molar-refractivity contribution < 1.29 is 10.0 Å². The van der Waals surface area contributed by atoms with Gasteiger partial charge in [-0.2, -0.15) is 0 Å². The van der Waals surface area contributed by atoms with E-state index < -0.39 is 6.03 Å². The van der Waals surface area contributed by atoms with Crippen LogP contribution in [0.25, 0.3) is 0 Å². The molecular weight excluding hydrogens is 220 g/mol. The minimum Gasteiger partial charge on any atom is -0.336 e. The van der Waals surface area contributed by atoms with Crippen LogP contribution in [-0.2, 0) is 0 Å². The predicted molar refractivity (Wildman–Crippen MR) is 60.6 cm³/mol. The van der Waals surface area contributed by atoms with Crippen molar-refractivity contribution >= 4 is 27.6 Å². The first-order chi connectivity index (χ1) is 6.83. The van der Waals surface area contributed by atoms with Crippen molar-refractivity contribution in [3.05, 3.63) is 0 Å². The Kier molecular flexibility index (Phi) is 6.22. The van der Waals surface area contributed by atoms with Crippen molar-refractivity contribution in [2.45, 2.75) is 30.9 Å². The highest BCUT2D eigenvalue weighted by Crippen LogP contribution is 2.39. The number of carbonyl (C=O) groups is 1. The smallest absolute Gasteiger partial charge is 0.336 e.